The number of hydrogen-bond acceptors (Lipinski definition) is 1. The van der Waals surface area contributed by atoms with Gasteiger partial charge in [0.15, 0.2) is 0 Å². The van der Waals surface area contributed by atoms with Gasteiger partial charge in [0, 0.05) is 27.9 Å². The number of fused-ring (bicyclic) bond motifs is 9. The summed E-state index contributed by atoms with van der Waals surface area (Å²) in [5.41, 5.74) is 18.8. The van der Waals surface area contributed by atoms with E-state index in [4.69, 9.17) is 0 Å². The van der Waals surface area contributed by atoms with Crippen LogP contribution < -0.4 is 4.90 Å². The van der Waals surface area contributed by atoms with Crippen molar-refractivity contribution in [3.05, 3.63) is 162 Å². The minimum absolute atomic E-state index is 0.122. The van der Waals surface area contributed by atoms with Crippen molar-refractivity contribution in [2.24, 2.45) is 23.7 Å². The Kier molecular flexibility index (Phi) is 6.53. The Morgan fingerprint density at radius 1 is 0.415 bits per heavy atom. The fraction of sp³-hybridized carbons (Fsp3) is 0.308. The molecular formula is C52H47N. The quantitative estimate of drug-likeness (QED) is 0.179. The Bertz CT molecular complexity index is 2400. The average Bonchev–Trinajstić information content (AvgIpc) is 3.84. The minimum Gasteiger partial charge on any atom is -0.310 e. The van der Waals surface area contributed by atoms with Gasteiger partial charge >= 0.3 is 0 Å². The molecule has 5 saturated carbocycles. The van der Waals surface area contributed by atoms with Crippen LogP contribution in [0.25, 0.3) is 33.4 Å². The summed E-state index contributed by atoms with van der Waals surface area (Å²) in [4.78, 5) is 2.59. The third kappa shape index (κ3) is 4.20. The molecule has 1 heteroatoms. The van der Waals surface area contributed by atoms with Gasteiger partial charge in [-0.25, -0.2) is 0 Å². The summed E-state index contributed by atoms with van der Waals surface area (Å²) >= 11 is 0. The zero-order valence-corrected chi connectivity index (χ0v) is 30.6. The Labute approximate surface area is 314 Å². The molecule has 0 N–H and O–H groups in total. The lowest BCUT2D eigenvalue weighted by Crippen LogP contribution is -2.48. The summed E-state index contributed by atoms with van der Waals surface area (Å²) in [5.74, 6) is 3.30. The summed E-state index contributed by atoms with van der Waals surface area (Å²) in [5, 5.41) is 0. The van der Waals surface area contributed by atoms with Crippen LogP contribution in [0.2, 0.25) is 0 Å². The van der Waals surface area contributed by atoms with Crippen LogP contribution in [0.1, 0.15) is 86.5 Å². The molecule has 0 saturated heterocycles. The van der Waals surface area contributed by atoms with E-state index in [2.05, 4.69) is 144 Å². The Hall–Kier alpha value is -4.88. The first-order valence-electron chi connectivity index (χ1n) is 20.7. The van der Waals surface area contributed by atoms with Gasteiger partial charge in [-0.05, 0) is 161 Å². The molecule has 1 nitrogen and oxygen atoms in total. The number of anilines is 3. The first-order valence-corrected chi connectivity index (χ1v) is 20.7. The molecule has 13 rings (SSSR count). The van der Waals surface area contributed by atoms with Crippen LogP contribution >= 0.6 is 0 Å². The van der Waals surface area contributed by atoms with Crippen LogP contribution in [0.3, 0.4) is 0 Å². The number of benzene rings is 6. The van der Waals surface area contributed by atoms with E-state index in [0.29, 0.717) is 0 Å². The summed E-state index contributed by atoms with van der Waals surface area (Å²) in [6, 6.07) is 54.2. The largest absolute Gasteiger partial charge is 0.310 e. The second kappa shape index (κ2) is 11.3. The zero-order valence-electron chi connectivity index (χ0n) is 30.6. The first kappa shape index (κ1) is 30.6. The SMILES string of the molecule is c1ccc(-c2cccc(N(c3ccc4c(c3)-c3ccccc3C43CCCC3)c3ccc4c(c3)C3(c5ccccc5-4)C4CCC5CC(C4)CC3C5)c2)cc1. The third-order valence-electron chi connectivity index (χ3n) is 15.3. The molecular weight excluding hydrogens is 639 g/mol. The standard InChI is InChI=1S/C52H47N/c1-2-11-36(12-3-1)37-13-10-14-40(31-37)53(41-22-24-48-46(32-41)44-16-4-6-17-47(44)51(48)25-8-9-26-51)42-21-23-45-43-15-5-7-18-49(43)52(50(45)33-42)38-20-19-34-27-35(29-38)30-39(52)28-34/h1-7,10-18,21-24,31-35,38-39H,8-9,19-20,25-30H2. The minimum atomic E-state index is 0.122. The Morgan fingerprint density at radius 3 is 1.92 bits per heavy atom. The molecule has 4 bridgehead atoms. The van der Waals surface area contributed by atoms with Gasteiger partial charge in [0.1, 0.15) is 0 Å². The average molecular weight is 686 g/mol. The van der Waals surface area contributed by atoms with Crippen molar-refractivity contribution in [1.82, 2.24) is 0 Å². The molecule has 2 spiro atoms. The van der Waals surface area contributed by atoms with Crippen molar-refractivity contribution in [3.8, 4) is 33.4 Å². The van der Waals surface area contributed by atoms with Crippen molar-refractivity contribution < 1.29 is 0 Å². The monoisotopic (exact) mass is 685 g/mol. The highest BCUT2D eigenvalue weighted by molar-refractivity contribution is 5.90. The second-order valence-electron chi connectivity index (χ2n) is 17.6. The van der Waals surface area contributed by atoms with Crippen LogP contribution in [-0.4, -0.2) is 0 Å². The fourth-order valence-electron chi connectivity index (χ4n) is 13.4. The molecule has 6 aromatic carbocycles. The van der Waals surface area contributed by atoms with Crippen LogP contribution in [0.15, 0.2) is 140 Å². The van der Waals surface area contributed by atoms with E-state index in [1.54, 1.807) is 22.3 Å². The molecule has 0 amide bonds. The van der Waals surface area contributed by atoms with Crippen molar-refractivity contribution in [1.29, 1.82) is 0 Å². The maximum absolute atomic E-state index is 2.67. The summed E-state index contributed by atoms with van der Waals surface area (Å²) in [7, 11) is 0. The highest BCUT2D eigenvalue weighted by atomic mass is 15.1. The Balaban J connectivity index is 1.08. The third-order valence-corrected chi connectivity index (χ3v) is 15.3. The summed E-state index contributed by atoms with van der Waals surface area (Å²) in [6.45, 7) is 0. The van der Waals surface area contributed by atoms with E-state index >= 15 is 0 Å². The van der Waals surface area contributed by atoms with Gasteiger partial charge in [0.05, 0.1) is 0 Å². The van der Waals surface area contributed by atoms with E-state index in [-0.39, 0.29) is 10.8 Å². The van der Waals surface area contributed by atoms with E-state index < -0.39 is 0 Å². The van der Waals surface area contributed by atoms with Crippen LogP contribution in [0, 0.1) is 23.7 Å². The topological polar surface area (TPSA) is 3.24 Å². The highest BCUT2D eigenvalue weighted by Crippen LogP contribution is 2.68. The first-order chi connectivity index (χ1) is 26.2. The highest BCUT2D eigenvalue weighted by Gasteiger charge is 2.59. The molecule has 5 fully saturated rings. The second-order valence-corrected chi connectivity index (χ2v) is 17.6. The summed E-state index contributed by atoms with van der Waals surface area (Å²) in [6.07, 6.45) is 13.6. The van der Waals surface area contributed by atoms with Gasteiger partial charge in [0.2, 0.25) is 0 Å². The predicted molar refractivity (Wildman–Crippen MR) is 219 cm³/mol. The van der Waals surface area contributed by atoms with Gasteiger partial charge in [-0.15, -0.1) is 0 Å². The molecule has 7 aliphatic rings. The molecule has 5 unspecified atom stereocenters. The molecule has 7 aliphatic carbocycles. The number of rotatable bonds is 4. The van der Waals surface area contributed by atoms with E-state index in [1.807, 2.05) is 0 Å². The van der Waals surface area contributed by atoms with Gasteiger partial charge < -0.3 is 4.90 Å². The Morgan fingerprint density at radius 2 is 1.06 bits per heavy atom. The summed E-state index contributed by atoms with van der Waals surface area (Å²) < 4.78 is 0. The number of nitrogens with zero attached hydrogens (tertiary/aromatic N) is 1. The van der Waals surface area contributed by atoms with Crippen molar-refractivity contribution >= 4 is 17.1 Å². The van der Waals surface area contributed by atoms with Gasteiger partial charge in [-0.1, -0.05) is 122 Å². The molecule has 0 aliphatic heterocycles. The van der Waals surface area contributed by atoms with Crippen molar-refractivity contribution in [3.63, 3.8) is 0 Å². The van der Waals surface area contributed by atoms with Gasteiger partial charge in [0.25, 0.3) is 0 Å². The molecule has 53 heavy (non-hydrogen) atoms. The van der Waals surface area contributed by atoms with Crippen molar-refractivity contribution in [2.45, 2.75) is 75.0 Å². The fourth-order valence-corrected chi connectivity index (χ4v) is 13.4. The van der Waals surface area contributed by atoms with Crippen LogP contribution in [0.5, 0.6) is 0 Å². The molecule has 0 aromatic heterocycles. The molecule has 6 aromatic rings. The predicted octanol–water partition coefficient (Wildman–Crippen LogP) is 13.8. The van der Waals surface area contributed by atoms with E-state index in [9.17, 15) is 0 Å². The normalized spacial score (nSPS) is 26.3. The van der Waals surface area contributed by atoms with Crippen LogP contribution in [0.4, 0.5) is 17.1 Å². The van der Waals surface area contributed by atoms with E-state index in [0.717, 1.165) is 23.7 Å². The molecule has 0 heterocycles. The number of hydrogen-bond donors (Lipinski definition) is 0. The van der Waals surface area contributed by atoms with E-state index in [1.165, 1.54) is 115 Å². The van der Waals surface area contributed by atoms with Gasteiger partial charge in [-0.2, -0.15) is 0 Å². The lowest BCUT2D eigenvalue weighted by Gasteiger charge is -2.53. The maximum Gasteiger partial charge on any atom is 0.0468 e. The smallest absolute Gasteiger partial charge is 0.0468 e. The molecule has 5 atom stereocenters. The molecule has 260 valence electrons. The van der Waals surface area contributed by atoms with Crippen molar-refractivity contribution in [2.75, 3.05) is 4.90 Å². The lowest BCUT2D eigenvalue weighted by atomic mass is 9.51. The molecule has 0 radical (unpaired) electrons. The van der Waals surface area contributed by atoms with Crippen LogP contribution in [-0.2, 0) is 10.8 Å². The van der Waals surface area contributed by atoms with Gasteiger partial charge in [-0.3, -0.25) is 0 Å². The lowest BCUT2D eigenvalue weighted by molar-refractivity contribution is 0.0618. The zero-order chi connectivity index (χ0) is 34.7. The maximum atomic E-state index is 2.67.